The van der Waals surface area contributed by atoms with E-state index in [4.69, 9.17) is 25.8 Å². The van der Waals surface area contributed by atoms with Crippen molar-refractivity contribution in [3.8, 4) is 11.5 Å². The van der Waals surface area contributed by atoms with Gasteiger partial charge in [0, 0.05) is 25.3 Å². The Balaban J connectivity index is 1.28. The van der Waals surface area contributed by atoms with Crippen molar-refractivity contribution in [2.75, 3.05) is 44.7 Å². The molecular formula is C26H28ClN3O8S2. The van der Waals surface area contributed by atoms with Gasteiger partial charge in [-0.15, -0.1) is 0 Å². The van der Waals surface area contributed by atoms with Gasteiger partial charge in [-0.3, -0.25) is 9.52 Å². The van der Waals surface area contributed by atoms with Crippen molar-refractivity contribution in [3.05, 3.63) is 77.3 Å². The number of nitrogens with one attached hydrogen (secondary N) is 2. The SMILES string of the molecule is COc1ccc(NS(=O)(=O)c2ccc(OCC(=O)NCc3ccc(S(=O)(=O)N4CCOCC4)cc3)c(Cl)c2)cc1. The van der Waals surface area contributed by atoms with Gasteiger partial charge < -0.3 is 19.5 Å². The Kier molecular flexibility index (Phi) is 9.53. The molecule has 0 atom stereocenters. The molecule has 0 saturated carbocycles. The molecule has 214 valence electrons. The number of halogens is 1. The molecule has 0 spiro atoms. The smallest absolute Gasteiger partial charge is 0.261 e. The predicted molar refractivity (Wildman–Crippen MR) is 149 cm³/mol. The number of carbonyl (C=O) groups is 1. The molecule has 1 amide bonds. The van der Waals surface area contributed by atoms with Gasteiger partial charge in [0.2, 0.25) is 10.0 Å². The molecule has 2 N–H and O–H groups in total. The molecule has 14 heteroatoms. The van der Waals surface area contributed by atoms with Crippen molar-refractivity contribution >= 4 is 43.2 Å². The molecule has 3 aromatic carbocycles. The number of benzene rings is 3. The Morgan fingerprint density at radius 3 is 2.23 bits per heavy atom. The van der Waals surface area contributed by atoms with Crippen LogP contribution < -0.4 is 19.5 Å². The van der Waals surface area contributed by atoms with Crippen LogP contribution in [0.15, 0.2) is 76.5 Å². The fourth-order valence-electron chi connectivity index (χ4n) is 3.75. The van der Waals surface area contributed by atoms with E-state index in [0.29, 0.717) is 43.3 Å². The van der Waals surface area contributed by atoms with Crippen LogP contribution in [-0.2, 0) is 36.1 Å². The van der Waals surface area contributed by atoms with Crippen LogP contribution in [0.4, 0.5) is 5.69 Å². The predicted octanol–water partition coefficient (Wildman–Crippen LogP) is 2.87. The number of sulfonamides is 2. The van der Waals surface area contributed by atoms with Gasteiger partial charge in [-0.25, -0.2) is 16.8 Å². The van der Waals surface area contributed by atoms with Gasteiger partial charge >= 0.3 is 0 Å². The number of methoxy groups -OCH3 is 1. The van der Waals surface area contributed by atoms with E-state index in [-0.39, 0.29) is 33.7 Å². The largest absolute Gasteiger partial charge is 0.497 e. The zero-order chi connectivity index (χ0) is 28.8. The molecule has 1 aliphatic rings. The second-order valence-electron chi connectivity index (χ2n) is 8.65. The van der Waals surface area contributed by atoms with Crippen molar-refractivity contribution in [3.63, 3.8) is 0 Å². The quantitative estimate of drug-likeness (QED) is 0.338. The fourth-order valence-corrected chi connectivity index (χ4v) is 6.54. The monoisotopic (exact) mass is 609 g/mol. The summed E-state index contributed by atoms with van der Waals surface area (Å²) in [6, 6.07) is 16.6. The van der Waals surface area contributed by atoms with Crippen LogP contribution in [-0.4, -0.2) is 67.1 Å². The highest BCUT2D eigenvalue weighted by molar-refractivity contribution is 7.92. The molecule has 3 aromatic rings. The van der Waals surface area contributed by atoms with Gasteiger partial charge in [0.25, 0.3) is 15.9 Å². The number of hydrogen-bond acceptors (Lipinski definition) is 8. The topological polar surface area (TPSA) is 140 Å². The number of carbonyl (C=O) groups excluding carboxylic acids is 1. The minimum absolute atomic E-state index is 0.0162. The van der Waals surface area contributed by atoms with Crippen LogP contribution in [0.3, 0.4) is 0 Å². The summed E-state index contributed by atoms with van der Waals surface area (Å²) in [4.78, 5) is 12.4. The molecule has 4 rings (SSSR count). The van der Waals surface area contributed by atoms with Crippen LogP contribution in [0.2, 0.25) is 5.02 Å². The average Bonchev–Trinajstić information content (AvgIpc) is 2.96. The number of amides is 1. The molecule has 0 bridgehead atoms. The third kappa shape index (κ3) is 7.43. The normalized spacial score (nSPS) is 14.3. The minimum atomic E-state index is -3.92. The summed E-state index contributed by atoms with van der Waals surface area (Å²) in [6.45, 7) is 1.14. The van der Waals surface area contributed by atoms with Crippen molar-refractivity contribution < 1.29 is 35.8 Å². The average molecular weight is 610 g/mol. The summed E-state index contributed by atoms with van der Waals surface area (Å²) >= 11 is 6.22. The first-order valence-corrected chi connectivity index (χ1v) is 15.4. The molecule has 0 aliphatic carbocycles. The lowest BCUT2D eigenvalue weighted by Gasteiger charge is -2.26. The van der Waals surface area contributed by atoms with E-state index in [9.17, 15) is 21.6 Å². The molecule has 40 heavy (non-hydrogen) atoms. The van der Waals surface area contributed by atoms with E-state index in [0.717, 1.165) is 0 Å². The Bertz CT molecular complexity index is 1540. The number of hydrogen-bond donors (Lipinski definition) is 2. The first kappa shape index (κ1) is 29.6. The Hall–Kier alpha value is -3.36. The van der Waals surface area contributed by atoms with Gasteiger partial charge in [0.1, 0.15) is 11.5 Å². The van der Waals surface area contributed by atoms with E-state index in [2.05, 4.69) is 10.0 Å². The van der Waals surface area contributed by atoms with Crippen molar-refractivity contribution in [1.82, 2.24) is 9.62 Å². The van der Waals surface area contributed by atoms with E-state index in [1.807, 2.05) is 0 Å². The summed E-state index contributed by atoms with van der Waals surface area (Å²) < 4.78 is 70.5. The third-order valence-corrected chi connectivity index (χ3v) is 9.52. The van der Waals surface area contributed by atoms with Gasteiger partial charge in [-0.1, -0.05) is 23.7 Å². The van der Waals surface area contributed by atoms with E-state index < -0.39 is 26.0 Å². The standard InChI is InChI=1S/C26H28ClN3O8S2/c1-36-21-6-4-20(5-7-21)29-39(32,33)23-10-11-25(24(27)16-23)38-18-26(31)28-17-19-2-8-22(9-3-19)40(34,35)30-12-14-37-15-13-30/h2-11,16,29H,12-15,17-18H2,1H3,(H,28,31). The van der Waals surface area contributed by atoms with Crippen LogP contribution in [0, 0.1) is 0 Å². The highest BCUT2D eigenvalue weighted by Gasteiger charge is 2.26. The molecule has 0 radical (unpaired) electrons. The second-order valence-corrected chi connectivity index (χ2v) is 12.7. The fraction of sp³-hybridized carbons (Fsp3) is 0.269. The molecule has 0 aromatic heterocycles. The zero-order valence-electron chi connectivity index (χ0n) is 21.5. The number of ether oxygens (including phenoxy) is 3. The van der Waals surface area contributed by atoms with Crippen LogP contribution in [0.25, 0.3) is 0 Å². The molecular weight excluding hydrogens is 582 g/mol. The molecule has 1 saturated heterocycles. The van der Waals surface area contributed by atoms with E-state index in [1.165, 1.54) is 41.7 Å². The molecule has 1 fully saturated rings. The third-order valence-electron chi connectivity index (χ3n) is 5.94. The van der Waals surface area contributed by atoms with Gasteiger partial charge in [-0.2, -0.15) is 4.31 Å². The first-order chi connectivity index (χ1) is 19.1. The summed E-state index contributed by atoms with van der Waals surface area (Å²) in [7, 11) is -6.00. The number of rotatable bonds is 11. The Morgan fingerprint density at radius 1 is 0.950 bits per heavy atom. The van der Waals surface area contributed by atoms with Gasteiger partial charge in [0.15, 0.2) is 6.61 Å². The van der Waals surface area contributed by atoms with Crippen molar-refractivity contribution in [2.45, 2.75) is 16.3 Å². The van der Waals surface area contributed by atoms with Gasteiger partial charge in [0.05, 0.1) is 35.1 Å². The maximum atomic E-state index is 12.7. The van der Waals surface area contributed by atoms with Crippen molar-refractivity contribution in [2.24, 2.45) is 0 Å². The molecule has 1 aliphatic heterocycles. The van der Waals surface area contributed by atoms with E-state index >= 15 is 0 Å². The maximum Gasteiger partial charge on any atom is 0.261 e. The van der Waals surface area contributed by atoms with Crippen LogP contribution >= 0.6 is 11.6 Å². The Morgan fingerprint density at radius 2 is 1.60 bits per heavy atom. The second kappa shape index (κ2) is 12.9. The molecule has 11 nitrogen and oxygen atoms in total. The summed E-state index contributed by atoms with van der Waals surface area (Å²) in [5, 5.41) is 2.70. The van der Waals surface area contributed by atoms with Crippen LogP contribution in [0.1, 0.15) is 5.56 Å². The summed E-state index contributed by atoms with van der Waals surface area (Å²) in [6.07, 6.45) is 0. The first-order valence-electron chi connectivity index (χ1n) is 12.1. The maximum absolute atomic E-state index is 12.7. The molecule has 1 heterocycles. The number of morpholine rings is 1. The summed E-state index contributed by atoms with van der Waals surface area (Å²) in [5.74, 6) is 0.279. The van der Waals surface area contributed by atoms with Crippen molar-refractivity contribution in [1.29, 1.82) is 0 Å². The number of anilines is 1. The molecule has 0 unspecified atom stereocenters. The zero-order valence-corrected chi connectivity index (χ0v) is 23.9. The lowest BCUT2D eigenvalue weighted by molar-refractivity contribution is -0.123. The van der Waals surface area contributed by atoms with Gasteiger partial charge in [-0.05, 0) is 60.2 Å². The Labute approximate surface area is 238 Å². The minimum Gasteiger partial charge on any atom is -0.497 e. The lowest BCUT2D eigenvalue weighted by Crippen LogP contribution is -2.40. The summed E-state index contributed by atoms with van der Waals surface area (Å²) in [5.41, 5.74) is 1.05. The van der Waals surface area contributed by atoms with Crippen LogP contribution in [0.5, 0.6) is 11.5 Å². The lowest BCUT2D eigenvalue weighted by atomic mass is 10.2. The highest BCUT2D eigenvalue weighted by atomic mass is 35.5. The highest BCUT2D eigenvalue weighted by Crippen LogP contribution is 2.28. The van der Waals surface area contributed by atoms with E-state index in [1.54, 1.807) is 36.4 Å². The number of nitrogens with zero attached hydrogens (tertiary/aromatic N) is 1.